The first-order valence-corrected chi connectivity index (χ1v) is 8.20. The smallest absolute Gasteiger partial charge is 0.192 e. The normalized spacial score (nSPS) is 11.7. The third-order valence-electron chi connectivity index (χ3n) is 3.36. The average Bonchev–Trinajstić information content (AvgIpc) is 2.54. The van der Waals surface area contributed by atoms with Crippen LogP contribution in [0.15, 0.2) is 46.2 Å². The van der Waals surface area contributed by atoms with E-state index >= 15 is 0 Å². The van der Waals surface area contributed by atoms with Crippen molar-refractivity contribution in [1.82, 2.24) is 0 Å². The van der Waals surface area contributed by atoms with Gasteiger partial charge in [-0.2, -0.15) is 36.9 Å². The van der Waals surface area contributed by atoms with E-state index < -0.39 is 25.2 Å². The lowest BCUT2D eigenvalue weighted by molar-refractivity contribution is -0.128. The Morgan fingerprint density at radius 3 is 1.37 bits per heavy atom. The second kappa shape index (κ2) is 7.93. The fraction of sp³-hybridized carbons (Fsp3) is 0.222. The maximum absolute atomic E-state index is 12.5. The highest BCUT2D eigenvalue weighted by atomic mass is 32.2. The van der Waals surface area contributed by atoms with Gasteiger partial charge >= 0.3 is 12.4 Å². The van der Waals surface area contributed by atoms with Crippen molar-refractivity contribution in [2.45, 2.75) is 35.0 Å². The highest BCUT2D eigenvalue weighted by Gasteiger charge is 2.29. The maximum atomic E-state index is 12.5. The molecule has 0 aliphatic carbocycles. The predicted octanol–water partition coefficient (Wildman–Crippen LogP) is 5.79. The largest absolute Gasteiger partial charge is 0.393 e. The van der Waals surface area contributed by atoms with Crippen LogP contribution in [0.2, 0.25) is 0 Å². The van der Waals surface area contributed by atoms with Gasteiger partial charge in [0.1, 0.15) is 12.1 Å². The molecule has 0 atom stereocenters. The summed E-state index contributed by atoms with van der Waals surface area (Å²) in [5, 5.41) is 18.4. The molecule has 2 nitrogen and oxygen atoms in total. The van der Waals surface area contributed by atoms with Crippen LogP contribution in [0.4, 0.5) is 26.3 Å². The zero-order valence-corrected chi connectivity index (χ0v) is 14.3. The number of halogens is 6. The Morgan fingerprint density at radius 2 is 1.07 bits per heavy atom. The van der Waals surface area contributed by atoms with Gasteiger partial charge < -0.3 is 0 Å². The Morgan fingerprint density at radius 1 is 0.704 bits per heavy atom. The topological polar surface area (TPSA) is 47.6 Å². The fourth-order valence-electron chi connectivity index (χ4n) is 2.31. The van der Waals surface area contributed by atoms with Crippen LogP contribution < -0.4 is 0 Å². The van der Waals surface area contributed by atoms with E-state index in [0.29, 0.717) is 9.79 Å². The molecule has 2 aromatic rings. The van der Waals surface area contributed by atoms with Gasteiger partial charge in [0, 0.05) is 9.79 Å². The van der Waals surface area contributed by atoms with E-state index in [9.17, 15) is 36.9 Å². The van der Waals surface area contributed by atoms with Crippen LogP contribution in [-0.2, 0) is 12.8 Å². The second-order valence-corrected chi connectivity index (χ2v) is 6.65. The van der Waals surface area contributed by atoms with Gasteiger partial charge in [-0.25, -0.2) is 0 Å². The zero-order valence-electron chi connectivity index (χ0n) is 13.4. The van der Waals surface area contributed by atoms with E-state index in [1.165, 1.54) is 24.3 Å². The summed E-state index contributed by atoms with van der Waals surface area (Å²) in [5.74, 6) is 0. The minimum Gasteiger partial charge on any atom is -0.192 e. The van der Waals surface area contributed by atoms with E-state index in [2.05, 4.69) is 0 Å². The van der Waals surface area contributed by atoms with Crippen LogP contribution in [-0.4, -0.2) is 12.4 Å². The predicted molar refractivity (Wildman–Crippen MR) is 86.0 cm³/mol. The van der Waals surface area contributed by atoms with Crippen molar-refractivity contribution >= 4 is 11.8 Å². The van der Waals surface area contributed by atoms with Gasteiger partial charge in [0.25, 0.3) is 0 Å². The molecule has 27 heavy (non-hydrogen) atoms. The molecule has 0 saturated heterocycles. The number of hydrogen-bond donors (Lipinski definition) is 0. The van der Waals surface area contributed by atoms with E-state index in [-0.39, 0.29) is 22.3 Å². The van der Waals surface area contributed by atoms with Gasteiger partial charge in [-0.1, -0.05) is 23.9 Å². The molecular formula is C18H10F6N2S. The molecule has 140 valence electrons. The second-order valence-electron chi connectivity index (χ2n) is 5.57. The van der Waals surface area contributed by atoms with Gasteiger partial charge in [0.05, 0.1) is 24.0 Å². The summed E-state index contributed by atoms with van der Waals surface area (Å²) in [6.45, 7) is 0. The molecule has 0 spiro atoms. The summed E-state index contributed by atoms with van der Waals surface area (Å²) < 4.78 is 74.8. The van der Waals surface area contributed by atoms with Gasteiger partial charge in [0.15, 0.2) is 0 Å². The molecule has 0 N–H and O–H groups in total. The third kappa shape index (κ3) is 6.22. The number of nitriles is 2. The molecule has 2 aromatic carbocycles. The number of alkyl halides is 6. The van der Waals surface area contributed by atoms with Crippen molar-refractivity contribution in [3.8, 4) is 12.1 Å². The molecule has 0 amide bonds. The summed E-state index contributed by atoms with van der Waals surface area (Å²) in [5.41, 5.74) is -0.177. The standard InChI is InChI=1S/C18H10F6N2S/c19-17(20,21)7-11-1-3-15(13(5-11)9-25)27-16-4-2-12(6-14(16)10-26)8-18(22,23)24/h1-6H,7-8H2. The number of nitrogens with zero attached hydrogens (tertiary/aromatic N) is 2. The molecule has 0 aliphatic rings. The van der Waals surface area contributed by atoms with Crippen LogP contribution in [0.25, 0.3) is 0 Å². The Balaban J connectivity index is 2.31. The average molecular weight is 400 g/mol. The SMILES string of the molecule is N#Cc1cc(CC(F)(F)F)ccc1Sc1ccc(CC(F)(F)F)cc1C#N. The Hall–Kier alpha value is -2.65. The molecule has 0 aromatic heterocycles. The lowest BCUT2D eigenvalue weighted by Crippen LogP contribution is -2.11. The molecule has 2 rings (SSSR count). The lowest BCUT2D eigenvalue weighted by atomic mass is 10.1. The summed E-state index contributed by atoms with van der Waals surface area (Å²) in [6, 6.07) is 10.9. The summed E-state index contributed by atoms with van der Waals surface area (Å²) in [6.07, 6.45) is -11.2. The maximum Gasteiger partial charge on any atom is 0.393 e. The van der Waals surface area contributed by atoms with Gasteiger partial charge in [-0.05, 0) is 35.4 Å². The molecule has 0 radical (unpaired) electrons. The zero-order chi connectivity index (χ0) is 20.2. The van der Waals surface area contributed by atoms with Crippen molar-refractivity contribution in [2.24, 2.45) is 0 Å². The molecule has 0 saturated carbocycles. The van der Waals surface area contributed by atoms with Crippen molar-refractivity contribution in [3.63, 3.8) is 0 Å². The first kappa shape index (κ1) is 20.7. The molecule has 0 fully saturated rings. The summed E-state index contributed by atoms with van der Waals surface area (Å²) in [4.78, 5) is 0.618. The highest BCUT2D eigenvalue weighted by Crippen LogP contribution is 2.35. The first-order valence-electron chi connectivity index (χ1n) is 7.38. The van der Waals surface area contributed by atoms with Crippen LogP contribution in [0.5, 0.6) is 0 Å². The lowest BCUT2D eigenvalue weighted by Gasteiger charge is -2.11. The Labute approximate surface area is 155 Å². The molecular weight excluding hydrogens is 390 g/mol. The Kier molecular flexibility index (Phi) is 6.07. The monoisotopic (exact) mass is 400 g/mol. The van der Waals surface area contributed by atoms with Gasteiger partial charge in [-0.15, -0.1) is 0 Å². The van der Waals surface area contributed by atoms with Crippen molar-refractivity contribution in [3.05, 3.63) is 58.7 Å². The molecule has 0 aliphatic heterocycles. The fourth-order valence-corrected chi connectivity index (χ4v) is 3.25. The third-order valence-corrected chi connectivity index (χ3v) is 4.51. The van der Waals surface area contributed by atoms with Crippen LogP contribution in [0, 0.1) is 22.7 Å². The van der Waals surface area contributed by atoms with Gasteiger partial charge in [0.2, 0.25) is 0 Å². The number of rotatable bonds is 4. The van der Waals surface area contributed by atoms with E-state index in [4.69, 9.17) is 0 Å². The van der Waals surface area contributed by atoms with Crippen LogP contribution in [0.1, 0.15) is 22.3 Å². The van der Waals surface area contributed by atoms with E-state index in [1.807, 2.05) is 0 Å². The Bertz CT molecular complexity index is 844. The number of hydrogen-bond acceptors (Lipinski definition) is 3. The molecule has 9 heteroatoms. The minimum absolute atomic E-state index is 0.00925. The van der Waals surface area contributed by atoms with Crippen LogP contribution in [0.3, 0.4) is 0 Å². The summed E-state index contributed by atoms with van der Waals surface area (Å²) >= 11 is 0.936. The summed E-state index contributed by atoms with van der Waals surface area (Å²) in [7, 11) is 0. The highest BCUT2D eigenvalue weighted by molar-refractivity contribution is 7.99. The molecule has 0 heterocycles. The van der Waals surface area contributed by atoms with Crippen LogP contribution >= 0.6 is 11.8 Å². The quantitative estimate of drug-likeness (QED) is 0.611. The van der Waals surface area contributed by atoms with E-state index in [1.54, 1.807) is 12.1 Å². The van der Waals surface area contributed by atoms with E-state index in [0.717, 1.165) is 23.9 Å². The van der Waals surface area contributed by atoms with Gasteiger partial charge in [-0.3, -0.25) is 0 Å². The van der Waals surface area contributed by atoms with Crippen molar-refractivity contribution in [1.29, 1.82) is 10.5 Å². The first-order chi connectivity index (χ1) is 12.5. The van der Waals surface area contributed by atoms with Crippen molar-refractivity contribution < 1.29 is 26.3 Å². The molecule has 0 bridgehead atoms. The minimum atomic E-state index is -4.41. The molecule has 0 unspecified atom stereocenters. The number of benzene rings is 2. The van der Waals surface area contributed by atoms with Crippen molar-refractivity contribution in [2.75, 3.05) is 0 Å².